The lowest BCUT2D eigenvalue weighted by Crippen LogP contribution is -2.27. The first-order chi connectivity index (χ1) is 5.84. The maximum atomic E-state index is 11.4. The first kappa shape index (κ1) is 9.46. The van der Waals surface area contributed by atoms with E-state index in [9.17, 15) is 4.79 Å². The predicted molar refractivity (Wildman–Crippen MR) is 48.0 cm³/mol. The molecule has 0 aromatic rings. The van der Waals surface area contributed by atoms with Crippen LogP contribution in [-0.4, -0.2) is 18.5 Å². The van der Waals surface area contributed by atoms with Gasteiger partial charge in [-0.3, -0.25) is 4.79 Å². The molecule has 0 amide bonds. The minimum atomic E-state index is -0.112. The maximum absolute atomic E-state index is 11.4. The van der Waals surface area contributed by atoms with E-state index in [1.165, 1.54) is 0 Å². The lowest BCUT2D eigenvalue weighted by atomic mass is 10.0. The number of hydrogen-bond donors (Lipinski definition) is 0. The fourth-order valence-electron chi connectivity index (χ4n) is 1.40. The SMILES string of the molecule is C=CCCC(=O)C1CCCCO1. The Balaban J connectivity index is 2.24. The number of allylic oxidation sites excluding steroid dienone is 1. The Labute approximate surface area is 73.6 Å². The summed E-state index contributed by atoms with van der Waals surface area (Å²) in [4.78, 5) is 11.4. The molecule has 2 nitrogen and oxygen atoms in total. The Hall–Kier alpha value is -0.630. The third-order valence-electron chi connectivity index (χ3n) is 2.13. The number of ether oxygens (including phenoxy) is 1. The molecule has 0 saturated carbocycles. The number of carbonyl (C=O) groups is 1. The molecule has 1 saturated heterocycles. The molecule has 2 heteroatoms. The molecule has 1 unspecified atom stereocenters. The summed E-state index contributed by atoms with van der Waals surface area (Å²) in [6.07, 6.45) is 6.18. The molecule has 0 spiro atoms. The highest BCUT2D eigenvalue weighted by Gasteiger charge is 2.20. The van der Waals surface area contributed by atoms with Crippen LogP contribution in [0, 0.1) is 0 Å². The van der Waals surface area contributed by atoms with E-state index in [0.29, 0.717) is 6.42 Å². The van der Waals surface area contributed by atoms with E-state index in [1.807, 2.05) is 0 Å². The third-order valence-corrected chi connectivity index (χ3v) is 2.13. The van der Waals surface area contributed by atoms with E-state index in [4.69, 9.17) is 4.74 Å². The van der Waals surface area contributed by atoms with Crippen LogP contribution in [0.15, 0.2) is 12.7 Å². The highest BCUT2D eigenvalue weighted by Crippen LogP contribution is 2.15. The van der Waals surface area contributed by atoms with E-state index in [1.54, 1.807) is 6.08 Å². The normalized spacial score (nSPS) is 23.5. The molecule has 1 heterocycles. The van der Waals surface area contributed by atoms with Crippen molar-refractivity contribution < 1.29 is 9.53 Å². The van der Waals surface area contributed by atoms with Crippen molar-refractivity contribution in [1.82, 2.24) is 0 Å². The Morgan fingerprint density at radius 2 is 2.42 bits per heavy atom. The van der Waals surface area contributed by atoms with Gasteiger partial charge in [0.25, 0.3) is 0 Å². The van der Waals surface area contributed by atoms with Gasteiger partial charge in [0.1, 0.15) is 6.10 Å². The minimum Gasteiger partial charge on any atom is -0.370 e. The average Bonchev–Trinajstić information content (AvgIpc) is 2.15. The van der Waals surface area contributed by atoms with E-state index in [2.05, 4.69) is 6.58 Å². The van der Waals surface area contributed by atoms with Gasteiger partial charge in [0.2, 0.25) is 0 Å². The summed E-state index contributed by atoms with van der Waals surface area (Å²) in [6, 6.07) is 0. The standard InChI is InChI=1S/C10H16O2/c1-2-3-6-9(11)10-7-4-5-8-12-10/h2,10H,1,3-8H2. The van der Waals surface area contributed by atoms with Gasteiger partial charge < -0.3 is 4.74 Å². The summed E-state index contributed by atoms with van der Waals surface area (Å²) < 4.78 is 5.35. The van der Waals surface area contributed by atoms with Crippen molar-refractivity contribution in [2.75, 3.05) is 6.61 Å². The first-order valence-electron chi connectivity index (χ1n) is 4.60. The quantitative estimate of drug-likeness (QED) is 0.601. The van der Waals surface area contributed by atoms with Crippen molar-refractivity contribution in [3.05, 3.63) is 12.7 Å². The van der Waals surface area contributed by atoms with Crippen LogP contribution in [0.2, 0.25) is 0 Å². The van der Waals surface area contributed by atoms with Crippen molar-refractivity contribution in [2.24, 2.45) is 0 Å². The molecule has 1 aliphatic heterocycles. The molecule has 12 heavy (non-hydrogen) atoms. The van der Waals surface area contributed by atoms with Crippen LogP contribution in [0.25, 0.3) is 0 Å². The zero-order chi connectivity index (χ0) is 8.81. The van der Waals surface area contributed by atoms with Crippen molar-refractivity contribution >= 4 is 5.78 Å². The van der Waals surface area contributed by atoms with Crippen LogP contribution >= 0.6 is 0 Å². The van der Waals surface area contributed by atoms with E-state index in [-0.39, 0.29) is 11.9 Å². The summed E-state index contributed by atoms with van der Waals surface area (Å²) in [7, 11) is 0. The number of rotatable bonds is 4. The maximum Gasteiger partial charge on any atom is 0.161 e. The Bertz CT molecular complexity index is 157. The highest BCUT2D eigenvalue weighted by atomic mass is 16.5. The second kappa shape index (κ2) is 5.09. The molecular weight excluding hydrogens is 152 g/mol. The van der Waals surface area contributed by atoms with Crippen LogP contribution in [-0.2, 0) is 9.53 Å². The smallest absolute Gasteiger partial charge is 0.161 e. The van der Waals surface area contributed by atoms with Gasteiger partial charge >= 0.3 is 0 Å². The molecule has 0 bridgehead atoms. The van der Waals surface area contributed by atoms with Gasteiger partial charge in [0.05, 0.1) is 0 Å². The molecule has 0 aromatic heterocycles. The average molecular weight is 168 g/mol. The monoisotopic (exact) mass is 168 g/mol. The minimum absolute atomic E-state index is 0.112. The zero-order valence-corrected chi connectivity index (χ0v) is 7.42. The molecule has 0 radical (unpaired) electrons. The molecule has 68 valence electrons. The van der Waals surface area contributed by atoms with E-state index >= 15 is 0 Å². The highest BCUT2D eigenvalue weighted by molar-refractivity contribution is 5.83. The number of carbonyl (C=O) groups excluding carboxylic acids is 1. The predicted octanol–water partition coefficient (Wildman–Crippen LogP) is 2.09. The van der Waals surface area contributed by atoms with Gasteiger partial charge in [0, 0.05) is 13.0 Å². The van der Waals surface area contributed by atoms with Crippen molar-refractivity contribution in [3.8, 4) is 0 Å². The van der Waals surface area contributed by atoms with Crippen molar-refractivity contribution in [2.45, 2.75) is 38.2 Å². The molecule has 0 N–H and O–H groups in total. The lowest BCUT2D eigenvalue weighted by molar-refractivity contribution is -0.133. The fourth-order valence-corrected chi connectivity index (χ4v) is 1.40. The Morgan fingerprint density at radius 3 is 3.00 bits per heavy atom. The lowest BCUT2D eigenvalue weighted by Gasteiger charge is -2.20. The summed E-state index contributed by atoms with van der Waals surface area (Å²) >= 11 is 0. The van der Waals surface area contributed by atoms with Gasteiger partial charge in [-0.25, -0.2) is 0 Å². The van der Waals surface area contributed by atoms with Gasteiger partial charge in [-0.15, -0.1) is 6.58 Å². The molecule has 1 fully saturated rings. The van der Waals surface area contributed by atoms with Crippen LogP contribution in [0.1, 0.15) is 32.1 Å². The van der Waals surface area contributed by atoms with Gasteiger partial charge in [0.15, 0.2) is 5.78 Å². The number of Topliss-reactive ketones (excluding diaryl/α,β-unsaturated/α-hetero) is 1. The van der Waals surface area contributed by atoms with Crippen LogP contribution in [0.4, 0.5) is 0 Å². The molecule has 0 aromatic carbocycles. The van der Waals surface area contributed by atoms with Gasteiger partial charge in [-0.1, -0.05) is 6.08 Å². The molecular formula is C10H16O2. The molecule has 1 atom stereocenters. The van der Waals surface area contributed by atoms with Crippen LogP contribution < -0.4 is 0 Å². The summed E-state index contributed by atoms with van der Waals surface area (Å²) in [5, 5.41) is 0. The Morgan fingerprint density at radius 1 is 1.58 bits per heavy atom. The van der Waals surface area contributed by atoms with Crippen LogP contribution in [0.3, 0.4) is 0 Å². The Kier molecular flexibility index (Phi) is 4.01. The van der Waals surface area contributed by atoms with E-state index < -0.39 is 0 Å². The fraction of sp³-hybridized carbons (Fsp3) is 0.700. The van der Waals surface area contributed by atoms with Crippen molar-refractivity contribution in [1.29, 1.82) is 0 Å². The topological polar surface area (TPSA) is 26.3 Å². The number of ketones is 1. The summed E-state index contributed by atoms with van der Waals surface area (Å²) in [5.41, 5.74) is 0. The van der Waals surface area contributed by atoms with Crippen molar-refractivity contribution in [3.63, 3.8) is 0 Å². The summed E-state index contributed by atoms with van der Waals surface area (Å²) in [6.45, 7) is 4.34. The molecule has 0 aliphatic carbocycles. The third kappa shape index (κ3) is 2.78. The van der Waals surface area contributed by atoms with Crippen LogP contribution in [0.5, 0.6) is 0 Å². The molecule has 1 rings (SSSR count). The second-order valence-corrected chi connectivity index (χ2v) is 3.15. The largest absolute Gasteiger partial charge is 0.370 e. The van der Waals surface area contributed by atoms with Gasteiger partial charge in [-0.2, -0.15) is 0 Å². The zero-order valence-electron chi connectivity index (χ0n) is 7.42. The first-order valence-corrected chi connectivity index (χ1v) is 4.60. The van der Waals surface area contributed by atoms with E-state index in [0.717, 1.165) is 32.3 Å². The van der Waals surface area contributed by atoms with Gasteiger partial charge in [-0.05, 0) is 25.7 Å². The number of hydrogen-bond acceptors (Lipinski definition) is 2. The molecule has 1 aliphatic rings. The summed E-state index contributed by atoms with van der Waals surface area (Å²) in [5.74, 6) is 0.245. The second-order valence-electron chi connectivity index (χ2n) is 3.15.